The number of benzene rings is 7. The monoisotopic (exact) mass is 648 g/mol. The van der Waals surface area contributed by atoms with Crippen LogP contribution in [0.1, 0.15) is 0 Å². The number of thiophene rings is 1. The van der Waals surface area contributed by atoms with Gasteiger partial charge in [-0.2, -0.15) is 0 Å². The lowest BCUT2D eigenvalue weighted by Crippen LogP contribution is -2.09. The Hall–Kier alpha value is -6.37. The van der Waals surface area contributed by atoms with Crippen molar-refractivity contribution in [2.45, 2.75) is 0 Å². The van der Waals surface area contributed by atoms with Crippen molar-refractivity contribution >= 4 is 104 Å². The summed E-state index contributed by atoms with van der Waals surface area (Å²) in [7, 11) is 0. The van der Waals surface area contributed by atoms with Crippen LogP contribution in [0.4, 0.5) is 17.1 Å². The molecule has 6 heteroatoms. The highest BCUT2D eigenvalue weighted by Crippen LogP contribution is 2.44. The van der Waals surface area contributed by atoms with Gasteiger partial charge in [0.1, 0.15) is 27.8 Å². The molecule has 4 heterocycles. The number of nitrogens with zero attached hydrogens (tertiary/aromatic N) is 2. The molecule has 0 N–H and O–H groups in total. The van der Waals surface area contributed by atoms with Gasteiger partial charge in [0.15, 0.2) is 5.58 Å². The number of hydrogen-bond donors (Lipinski definition) is 0. The minimum absolute atomic E-state index is 0.589. The molecule has 0 fully saturated rings. The molecule has 0 aliphatic rings. The fourth-order valence-electron chi connectivity index (χ4n) is 7.24. The van der Waals surface area contributed by atoms with Crippen LogP contribution in [0.5, 0.6) is 0 Å². The van der Waals surface area contributed by atoms with Gasteiger partial charge >= 0.3 is 0 Å². The predicted molar refractivity (Wildman–Crippen MR) is 202 cm³/mol. The fourth-order valence-corrected chi connectivity index (χ4v) is 8.38. The zero-order valence-corrected chi connectivity index (χ0v) is 26.7. The summed E-state index contributed by atoms with van der Waals surface area (Å²) in [6, 6.07) is 50.3. The van der Waals surface area contributed by atoms with Crippen LogP contribution in [0.25, 0.3) is 86.6 Å². The Morgan fingerprint density at radius 2 is 1.06 bits per heavy atom. The molecular weight excluding hydrogens is 625 g/mol. The second-order valence-electron chi connectivity index (χ2n) is 12.3. The average Bonchev–Trinajstić information content (AvgIpc) is 3.92. The number of anilines is 3. The Labute approximate surface area is 282 Å². The van der Waals surface area contributed by atoms with E-state index in [1.54, 1.807) is 0 Å². The lowest BCUT2D eigenvalue weighted by molar-refractivity contribution is 0.619. The Kier molecular flexibility index (Phi) is 5.48. The zero-order valence-electron chi connectivity index (χ0n) is 25.9. The topological polar surface area (TPSA) is 55.6 Å². The molecule has 0 spiro atoms. The van der Waals surface area contributed by atoms with E-state index in [4.69, 9.17) is 18.2 Å². The van der Waals surface area contributed by atoms with Gasteiger partial charge in [-0.3, -0.25) is 0 Å². The van der Waals surface area contributed by atoms with Gasteiger partial charge < -0.3 is 18.2 Å². The molecule has 0 aliphatic carbocycles. The first-order valence-corrected chi connectivity index (χ1v) is 17.0. The SMILES string of the molecule is c1ccc(-c2nc3c(ccc4oc5ccc(N(c6ccc7c(c6)oc6ccccc67)c6ccc7c(c6)sc6ccccc67)cc5c43)o2)cc1. The maximum atomic E-state index is 6.39. The highest BCUT2D eigenvalue weighted by Gasteiger charge is 2.21. The average molecular weight is 649 g/mol. The number of aromatic nitrogens is 1. The number of rotatable bonds is 4. The van der Waals surface area contributed by atoms with Crippen LogP contribution in [0.2, 0.25) is 0 Å². The van der Waals surface area contributed by atoms with Crippen molar-refractivity contribution in [1.82, 2.24) is 4.98 Å². The quantitative estimate of drug-likeness (QED) is 0.190. The highest BCUT2D eigenvalue weighted by molar-refractivity contribution is 7.25. The van der Waals surface area contributed by atoms with E-state index in [0.29, 0.717) is 5.89 Å². The largest absolute Gasteiger partial charge is 0.456 e. The molecular formula is C43H24N2O3S. The molecule has 49 heavy (non-hydrogen) atoms. The predicted octanol–water partition coefficient (Wildman–Crippen LogP) is 13.1. The molecule has 7 aromatic carbocycles. The summed E-state index contributed by atoms with van der Waals surface area (Å²) in [6.45, 7) is 0. The van der Waals surface area contributed by atoms with E-state index in [2.05, 4.69) is 95.9 Å². The maximum Gasteiger partial charge on any atom is 0.227 e. The van der Waals surface area contributed by atoms with Crippen molar-refractivity contribution < 1.29 is 13.3 Å². The molecule has 0 unspecified atom stereocenters. The van der Waals surface area contributed by atoms with Gasteiger partial charge in [0.2, 0.25) is 5.89 Å². The summed E-state index contributed by atoms with van der Waals surface area (Å²) in [4.78, 5) is 7.28. The van der Waals surface area contributed by atoms with E-state index in [0.717, 1.165) is 77.6 Å². The van der Waals surface area contributed by atoms with Crippen molar-refractivity contribution in [2.24, 2.45) is 0 Å². The summed E-state index contributed by atoms with van der Waals surface area (Å²) in [5.41, 5.74) is 8.79. The molecule has 0 saturated carbocycles. The first kappa shape index (κ1) is 26.7. The van der Waals surface area contributed by atoms with E-state index in [1.807, 2.05) is 65.9 Å². The van der Waals surface area contributed by atoms with Crippen molar-refractivity contribution in [3.05, 3.63) is 146 Å². The third kappa shape index (κ3) is 4.01. The lowest BCUT2D eigenvalue weighted by atomic mass is 10.1. The fraction of sp³-hybridized carbons (Fsp3) is 0. The molecule has 0 saturated heterocycles. The summed E-state index contributed by atoms with van der Waals surface area (Å²) < 4.78 is 21.5. The van der Waals surface area contributed by atoms with Crippen LogP contribution in [-0.4, -0.2) is 4.98 Å². The van der Waals surface area contributed by atoms with Gasteiger partial charge in [-0.15, -0.1) is 11.3 Å². The molecule has 230 valence electrons. The van der Waals surface area contributed by atoms with Crippen LogP contribution in [-0.2, 0) is 0 Å². The van der Waals surface area contributed by atoms with E-state index in [-0.39, 0.29) is 0 Å². The second kappa shape index (κ2) is 10.1. The molecule has 0 atom stereocenters. The second-order valence-corrected chi connectivity index (χ2v) is 13.4. The van der Waals surface area contributed by atoms with Gasteiger partial charge in [-0.25, -0.2) is 4.98 Å². The Morgan fingerprint density at radius 3 is 1.98 bits per heavy atom. The Balaban J connectivity index is 1.15. The van der Waals surface area contributed by atoms with Crippen LogP contribution in [0, 0.1) is 0 Å². The Morgan fingerprint density at radius 1 is 0.429 bits per heavy atom. The Bertz CT molecular complexity index is 2960. The third-order valence-electron chi connectivity index (χ3n) is 9.50. The van der Waals surface area contributed by atoms with Gasteiger partial charge in [-0.1, -0.05) is 60.7 Å². The molecule has 0 radical (unpaired) electrons. The first-order valence-electron chi connectivity index (χ1n) is 16.2. The minimum atomic E-state index is 0.589. The van der Waals surface area contributed by atoms with Crippen LogP contribution in [0.3, 0.4) is 0 Å². The maximum absolute atomic E-state index is 6.39. The standard InChI is InChI=1S/C43H24N2O3S/c1-2-8-25(9-3-1)43-44-42-37(48-43)21-20-36-41(42)33-22-26(16-19-35(33)46-36)45(27-14-17-30-29-10-4-6-12-34(29)47-38(30)23-27)28-15-18-32-31-11-5-7-13-39(31)49-40(32)24-28/h1-24H. The van der Waals surface area contributed by atoms with Crippen molar-refractivity contribution in [3.8, 4) is 11.5 Å². The molecule has 0 amide bonds. The summed E-state index contributed by atoms with van der Waals surface area (Å²) in [5, 5.41) is 6.66. The molecule has 11 rings (SSSR count). The van der Waals surface area contributed by atoms with E-state index < -0.39 is 0 Å². The number of furan rings is 2. The van der Waals surface area contributed by atoms with Gasteiger partial charge in [0, 0.05) is 65.0 Å². The minimum Gasteiger partial charge on any atom is -0.456 e. The third-order valence-corrected chi connectivity index (χ3v) is 10.6. The van der Waals surface area contributed by atoms with E-state index in [9.17, 15) is 0 Å². The number of oxazole rings is 1. The van der Waals surface area contributed by atoms with Gasteiger partial charge in [0.05, 0.1) is 5.39 Å². The molecule has 11 aromatic rings. The molecule has 5 nitrogen and oxygen atoms in total. The highest BCUT2D eigenvalue weighted by atomic mass is 32.1. The van der Waals surface area contributed by atoms with Crippen molar-refractivity contribution in [1.29, 1.82) is 0 Å². The lowest BCUT2D eigenvalue weighted by Gasteiger charge is -2.25. The van der Waals surface area contributed by atoms with E-state index in [1.165, 1.54) is 20.2 Å². The van der Waals surface area contributed by atoms with Gasteiger partial charge in [0.25, 0.3) is 0 Å². The number of hydrogen-bond acceptors (Lipinski definition) is 6. The summed E-state index contributed by atoms with van der Waals surface area (Å²) in [6.07, 6.45) is 0. The normalized spacial score (nSPS) is 12.1. The number of fused-ring (bicyclic) bond motifs is 11. The zero-order chi connectivity index (χ0) is 32.1. The summed E-state index contributed by atoms with van der Waals surface area (Å²) in [5.74, 6) is 0.589. The van der Waals surface area contributed by atoms with Crippen LogP contribution < -0.4 is 4.90 Å². The van der Waals surface area contributed by atoms with Gasteiger partial charge in [-0.05, 0) is 78.9 Å². The molecule has 0 aliphatic heterocycles. The van der Waals surface area contributed by atoms with Crippen molar-refractivity contribution in [3.63, 3.8) is 0 Å². The van der Waals surface area contributed by atoms with Crippen molar-refractivity contribution in [2.75, 3.05) is 4.90 Å². The van der Waals surface area contributed by atoms with Crippen LogP contribution >= 0.6 is 11.3 Å². The number of para-hydroxylation sites is 1. The molecule has 4 aromatic heterocycles. The smallest absolute Gasteiger partial charge is 0.227 e. The first-order chi connectivity index (χ1) is 24.2. The molecule has 0 bridgehead atoms. The summed E-state index contributed by atoms with van der Waals surface area (Å²) >= 11 is 1.82. The van der Waals surface area contributed by atoms with Crippen LogP contribution in [0.15, 0.2) is 159 Å². The van der Waals surface area contributed by atoms with E-state index >= 15 is 0 Å².